The predicted octanol–water partition coefficient (Wildman–Crippen LogP) is 3.68. The van der Waals surface area contributed by atoms with Crippen LogP contribution in [0.1, 0.15) is 19.3 Å². The molecule has 0 saturated carbocycles. The molecular weight excluding hydrogens is 278 g/mol. The average Bonchev–Trinajstić information content (AvgIpc) is 2.47. The Balaban J connectivity index is 1.76. The van der Waals surface area contributed by atoms with Crippen molar-refractivity contribution in [2.45, 2.75) is 36.0 Å². The lowest BCUT2D eigenvalue weighted by atomic mass is 9.99. The number of piperidine rings is 1. The fourth-order valence-corrected chi connectivity index (χ4v) is 3.96. The van der Waals surface area contributed by atoms with E-state index in [2.05, 4.69) is 9.80 Å². The van der Waals surface area contributed by atoms with Crippen molar-refractivity contribution in [2.24, 2.45) is 0 Å². The van der Waals surface area contributed by atoms with Gasteiger partial charge in [0.15, 0.2) is 0 Å². The highest BCUT2D eigenvalue weighted by Crippen LogP contribution is 2.35. The minimum absolute atomic E-state index is 0.599. The number of fused-ring (bicyclic) bond motifs is 1. The molecule has 0 N–H and O–H groups in total. The molecule has 1 aromatic carbocycles. The van der Waals surface area contributed by atoms with Gasteiger partial charge in [-0.3, -0.25) is 4.90 Å². The van der Waals surface area contributed by atoms with Crippen LogP contribution in [-0.2, 0) is 0 Å². The van der Waals surface area contributed by atoms with Crippen molar-refractivity contribution in [2.75, 3.05) is 31.1 Å². The minimum atomic E-state index is -2.35. The SMILES string of the molecule is FC(F)Sc1ccccc1N1CCN2CCCCC2C1. The molecule has 20 heavy (non-hydrogen) atoms. The molecule has 2 saturated heterocycles. The standard InChI is InChI=1S/C15H20F2N2S/c16-15(17)20-14-7-2-1-6-13(14)19-10-9-18-8-4-3-5-12(18)11-19/h1-2,6-7,12,15H,3-5,8-11H2. The summed E-state index contributed by atoms with van der Waals surface area (Å²) in [7, 11) is 0. The normalized spacial score (nSPS) is 23.9. The maximum absolute atomic E-state index is 12.7. The number of hydrogen-bond donors (Lipinski definition) is 0. The van der Waals surface area contributed by atoms with Crippen LogP contribution in [0, 0.1) is 0 Å². The average molecular weight is 298 g/mol. The monoisotopic (exact) mass is 298 g/mol. The lowest BCUT2D eigenvalue weighted by Crippen LogP contribution is -2.55. The van der Waals surface area contributed by atoms with E-state index in [0.717, 1.165) is 25.3 Å². The number of benzene rings is 1. The van der Waals surface area contributed by atoms with Crippen molar-refractivity contribution in [3.8, 4) is 0 Å². The first-order valence-electron chi connectivity index (χ1n) is 7.27. The Morgan fingerprint density at radius 1 is 1.10 bits per heavy atom. The van der Waals surface area contributed by atoms with Gasteiger partial charge in [0, 0.05) is 30.6 Å². The molecule has 110 valence electrons. The zero-order valence-electron chi connectivity index (χ0n) is 11.5. The molecule has 1 unspecified atom stereocenters. The lowest BCUT2D eigenvalue weighted by molar-refractivity contribution is 0.133. The highest BCUT2D eigenvalue weighted by Gasteiger charge is 2.29. The van der Waals surface area contributed by atoms with E-state index in [1.807, 2.05) is 18.2 Å². The molecule has 0 aromatic heterocycles. The van der Waals surface area contributed by atoms with Crippen molar-refractivity contribution in [3.63, 3.8) is 0 Å². The molecule has 2 nitrogen and oxygen atoms in total. The minimum Gasteiger partial charge on any atom is -0.368 e. The molecule has 0 amide bonds. The van der Waals surface area contributed by atoms with Crippen LogP contribution in [0.25, 0.3) is 0 Å². The van der Waals surface area contributed by atoms with Gasteiger partial charge in [-0.2, -0.15) is 8.78 Å². The van der Waals surface area contributed by atoms with E-state index in [1.54, 1.807) is 6.07 Å². The Morgan fingerprint density at radius 3 is 2.80 bits per heavy atom. The maximum Gasteiger partial charge on any atom is 0.288 e. The first kappa shape index (κ1) is 14.1. The summed E-state index contributed by atoms with van der Waals surface area (Å²) in [6, 6.07) is 8.16. The Morgan fingerprint density at radius 2 is 1.95 bits per heavy atom. The van der Waals surface area contributed by atoms with Gasteiger partial charge in [0.2, 0.25) is 0 Å². The lowest BCUT2D eigenvalue weighted by Gasteiger charge is -2.45. The van der Waals surface area contributed by atoms with Crippen LogP contribution in [-0.4, -0.2) is 42.9 Å². The summed E-state index contributed by atoms with van der Waals surface area (Å²) in [5.74, 6) is -2.35. The molecule has 1 atom stereocenters. The zero-order chi connectivity index (χ0) is 13.9. The summed E-state index contributed by atoms with van der Waals surface area (Å²) in [4.78, 5) is 5.55. The summed E-state index contributed by atoms with van der Waals surface area (Å²) in [6.07, 6.45) is 3.83. The number of thioether (sulfide) groups is 1. The number of alkyl halides is 2. The van der Waals surface area contributed by atoms with E-state index in [-0.39, 0.29) is 0 Å². The summed E-state index contributed by atoms with van der Waals surface area (Å²) in [6.45, 7) is 4.17. The molecule has 5 heteroatoms. The first-order chi connectivity index (χ1) is 9.74. The number of anilines is 1. The number of nitrogens with zero attached hydrogens (tertiary/aromatic N) is 2. The summed E-state index contributed by atoms with van der Waals surface area (Å²) in [5.41, 5.74) is 0.975. The van der Waals surface area contributed by atoms with Crippen LogP contribution in [0.3, 0.4) is 0 Å². The van der Waals surface area contributed by atoms with Crippen molar-refractivity contribution in [1.82, 2.24) is 4.90 Å². The molecule has 1 aromatic rings. The van der Waals surface area contributed by atoms with Crippen LogP contribution >= 0.6 is 11.8 Å². The topological polar surface area (TPSA) is 6.48 Å². The summed E-state index contributed by atoms with van der Waals surface area (Å²) < 4.78 is 25.3. The van der Waals surface area contributed by atoms with Gasteiger partial charge in [0.05, 0.1) is 5.69 Å². The molecule has 0 aliphatic carbocycles. The van der Waals surface area contributed by atoms with Gasteiger partial charge in [-0.25, -0.2) is 0 Å². The Labute approximate surface area is 123 Å². The van der Waals surface area contributed by atoms with Gasteiger partial charge >= 0.3 is 0 Å². The summed E-state index contributed by atoms with van der Waals surface area (Å²) >= 11 is 0.659. The fraction of sp³-hybridized carbons (Fsp3) is 0.600. The number of rotatable bonds is 3. The third-order valence-electron chi connectivity index (χ3n) is 4.26. The van der Waals surface area contributed by atoms with Crippen LogP contribution in [0.5, 0.6) is 0 Å². The molecule has 0 bridgehead atoms. The number of halogens is 2. The van der Waals surface area contributed by atoms with Crippen molar-refractivity contribution in [1.29, 1.82) is 0 Å². The second-order valence-corrected chi connectivity index (χ2v) is 6.51. The quantitative estimate of drug-likeness (QED) is 0.786. The molecule has 2 fully saturated rings. The van der Waals surface area contributed by atoms with E-state index in [0.29, 0.717) is 22.7 Å². The molecule has 2 heterocycles. The van der Waals surface area contributed by atoms with Gasteiger partial charge in [0.25, 0.3) is 5.76 Å². The smallest absolute Gasteiger partial charge is 0.288 e. The predicted molar refractivity (Wildman–Crippen MR) is 79.7 cm³/mol. The third-order valence-corrected chi connectivity index (χ3v) is 5.04. The first-order valence-corrected chi connectivity index (χ1v) is 8.15. The van der Waals surface area contributed by atoms with E-state index in [9.17, 15) is 8.78 Å². The highest BCUT2D eigenvalue weighted by atomic mass is 32.2. The van der Waals surface area contributed by atoms with E-state index in [4.69, 9.17) is 0 Å². The van der Waals surface area contributed by atoms with Crippen LogP contribution in [0.15, 0.2) is 29.2 Å². The van der Waals surface area contributed by atoms with Gasteiger partial charge in [-0.15, -0.1) is 0 Å². The van der Waals surface area contributed by atoms with Gasteiger partial charge in [0.1, 0.15) is 0 Å². The van der Waals surface area contributed by atoms with Crippen LogP contribution in [0.2, 0.25) is 0 Å². The van der Waals surface area contributed by atoms with E-state index >= 15 is 0 Å². The Bertz CT molecular complexity index is 455. The Kier molecular flexibility index (Phi) is 4.46. The molecule has 2 aliphatic rings. The largest absolute Gasteiger partial charge is 0.368 e. The van der Waals surface area contributed by atoms with Crippen molar-refractivity contribution in [3.05, 3.63) is 24.3 Å². The molecular formula is C15H20F2N2S. The van der Waals surface area contributed by atoms with Crippen LogP contribution < -0.4 is 4.90 Å². The molecule has 3 rings (SSSR count). The second kappa shape index (κ2) is 6.31. The van der Waals surface area contributed by atoms with Gasteiger partial charge < -0.3 is 4.90 Å². The zero-order valence-corrected chi connectivity index (χ0v) is 12.3. The van der Waals surface area contributed by atoms with Crippen molar-refractivity contribution < 1.29 is 8.78 Å². The number of piperazine rings is 1. The molecule has 0 radical (unpaired) electrons. The van der Waals surface area contributed by atoms with E-state index < -0.39 is 5.76 Å². The number of para-hydroxylation sites is 1. The maximum atomic E-state index is 12.7. The highest BCUT2D eigenvalue weighted by molar-refractivity contribution is 7.99. The van der Waals surface area contributed by atoms with Crippen molar-refractivity contribution >= 4 is 17.4 Å². The Hall–Kier alpha value is -0.810. The second-order valence-electron chi connectivity index (χ2n) is 5.48. The molecule has 2 aliphatic heterocycles. The summed E-state index contributed by atoms with van der Waals surface area (Å²) in [5, 5.41) is 0. The molecule has 0 spiro atoms. The van der Waals surface area contributed by atoms with Gasteiger partial charge in [-0.1, -0.05) is 30.3 Å². The number of hydrogen-bond acceptors (Lipinski definition) is 3. The van der Waals surface area contributed by atoms with E-state index in [1.165, 1.54) is 25.8 Å². The third kappa shape index (κ3) is 3.09. The van der Waals surface area contributed by atoms with Crippen LogP contribution in [0.4, 0.5) is 14.5 Å². The fourth-order valence-electron chi connectivity index (χ4n) is 3.29. The van der Waals surface area contributed by atoms with Gasteiger partial charge in [-0.05, 0) is 31.5 Å².